The van der Waals surface area contributed by atoms with Crippen LogP contribution in [0, 0.1) is 5.82 Å². The van der Waals surface area contributed by atoms with Crippen molar-refractivity contribution >= 4 is 29.1 Å². The number of halogens is 2. The molecule has 4 nitrogen and oxygen atoms in total. The quantitative estimate of drug-likeness (QED) is 0.852. The van der Waals surface area contributed by atoms with E-state index in [9.17, 15) is 14.0 Å². The molecule has 2 rings (SSSR count). The van der Waals surface area contributed by atoms with Gasteiger partial charge in [0.05, 0.1) is 17.1 Å². The first kappa shape index (κ1) is 17.0. The Bertz CT molecular complexity index is 692. The number of nitrogens with one attached hydrogen (secondary N) is 2. The second-order valence-electron chi connectivity index (χ2n) is 4.91. The number of amides is 2. The van der Waals surface area contributed by atoms with Crippen LogP contribution in [0.1, 0.15) is 12.0 Å². The molecule has 2 amide bonds. The van der Waals surface area contributed by atoms with Gasteiger partial charge in [-0.25, -0.2) is 4.39 Å². The fourth-order valence-corrected chi connectivity index (χ4v) is 2.15. The van der Waals surface area contributed by atoms with Crippen molar-refractivity contribution in [1.82, 2.24) is 5.32 Å². The van der Waals surface area contributed by atoms with E-state index in [-0.39, 0.29) is 36.0 Å². The number of hydrogen-bond donors (Lipinski definition) is 2. The SMILES string of the molecule is O=C(Cc1ccccc1)NCCC(=O)Nc1cccc(Cl)c1F. The first-order valence-electron chi connectivity index (χ1n) is 7.11. The van der Waals surface area contributed by atoms with Crippen molar-refractivity contribution in [3.63, 3.8) is 0 Å². The van der Waals surface area contributed by atoms with Gasteiger partial charge in [0, 0.05) is 13.0 Å². The molecule has 0 atom stereocenters. The van der Waals surface area contributed by atoms with Gasteiger partial charge in [-0.1, -0.05) is 48.0 Å². The minimum atomic E-state index is -0.671. The molecule has 120 valence electrons. The number of carbonyl (C=O) groups excluding carboxylic acids is 2. The summed E-state index contributed by atoms with van der Waals surface area (Å²) < 4.78 is 13.6. The molecule has 0 aliphatic rings. The van der Waals surface area contributed by atoms with Crippen LogP contribution >= 0.6 is 11.6 Å². The monoisotopic (exact) mass is 334 g/mol. The maximum atomic E-state index is 13.6. The summed E-state index contributed by atoms with van der Waals surface area (Å²) in [5, 5.41) is 5.02. The molecule has 0 heterocycles. The lowest BCUT2D eigenvalue weighted by molar-refractivity contribution is -0.120. The third-order valence-electron chi connectivity index (χ3n) is 3.11. The predicted octanol–water partition coefficient (Wildman–Crippen LogP) is 3.17. The fraction of sp³-hybridized carbons (Fsp3) is 0.176. The van der Waals surface area contributed by atoms with Gasteiger partial charge in [0.15, 0.2) is 5.82 Å². The molecule has 0 unspecified atom stereocenters. The zero-order valence-electron chi connectivity index (χ0n) is 12.3. The summed E-state index contributed by atoms with van der Waals surface area (Å²) in [6.45, 7) is 0.180. The standard InChI is InChI=1S/C17H16ClFN2O2/c18-13-7-4-8-14(17(13)19)21-15(22)9-10-20-16(23)11-12-5-2-1-3-6-12/h1-8H,9-11H2,(H,20,23)(H,21,22). The highest BCUT2D eigenvalue weighted by Crippen LogP contribution is 2.21. The summed E-state index contributed by atoms with van der Waals surface area (Å²) in [6.07, 6.45) is 0.303. The molecule has 6 heteroatoms. The molecule has 0 aromatic heterocycles. The van der Waals surface area contributed by atoms with Crippen LogP contribution < -0.4 is 10.6 Å². The fourth-order valence-electron chi connectivity index (χ4n) is 1.97. The van der Waals surface area contributed by atoms with Crippen LogP contribution in [-0.4, -0.2) is 18.4 Å². The highest BCUT2D eigenvalue weighted by atomic mass is 35.5. The Labute approximate surface area is 138 Å². The topological polar surface area (TPSA) is 58.2 Å². The summed E-state index contributed by atoms with van der Waals surface area (Å²) in [6, 6.07) is 13.7. The van der Waals surface area contributed by atoms with Gasteiger partial charge in [0.2, 0.25) is 11.8 Å². The lowest BCUT2D eigenvalue weighted by atomic mass is 10.1. The average Bonchev–Trinajstić information content (AvgIpc) is 2.53. The summed E-state index contributed by atoms with van der Waals surface area (Å²) in [4.78, 5) is 23.5. The number of rotatable bonds is 6. The Morgan fingerprint density at radius 2 is 1.74 bits per heavy atom. The number of carbonyl (C=O) groups is 2. The summed E-state index contributed by atoms with van der Waals surface area (Å²) >= 11 is 5.64. The maximum absolute atomic E-state index is 13.6. The number of anilines is 1. The van der Waals surface area contributed by atoms with Crippen LogP contribution in [0.25, 0.3) is 0 Å². The molecule has 23 heavy (non-hydrogen) atoms. The first-order valence-corrected chi connectivity index (χ1v) is 7.48. The van der Waals surface area contributed by atoms with E-state index in [2.05, 4.69) is 10.6 Å². The molecule has 0 saturated carbocycles. The average molecular weight is 335 g/mol. The molecule has 2 N–H and O–H groups in total. The lowest BCUT2D eigenvalue weighted by Gasteiger charge is -2.08. The molecule has 0 fully saturated rings. The summed E-state index contributed by atoms with van der Waals surface area (Å²) in [7, 11) is 0. The Balaban J connectivity index is 1.74. The van der Waals surface area contributed by atoms with E-state index in [4.69, 9.17) is 11.6 Å². The van der Waals surface area contributed by atoms with Crippen LogP contribution in [0.2, 0.25) is 5.02 Å². The Hall–Kier alpha value is -2.40. The highest BCUT2D eigenvalue weighted by molar-refractivity contribution is 6.31. The Morgan fingerprint density at radius 1 is 1.00 bits per heavy atom. The highest BCUT2D eigenvalue weighted by Gasteiger charge is 2.10. The van der Waals surface area contributed by atoms with E-state index in [0.717, 1.165) is 5.56 Å². The third-order valence-corrected chi connectivity index (χ3v) is 3.40. The van der Waals surface area contributed by atoms with Gasteiger partial charge in [0.25, 0.3) is 0 Å². The normalized spacial score (nSPS) is 10.2. The number of hydrogen-bond acceptors (Lipinski definition) is 2. The van der Waals surface area contributed by atoms with Gasteiger partial charge in [-0.15, -0.1) is 0 Å². The van der Waals surface area contributed by atoms with Crippen LogP contribution in [0.4, 0.5) is 10.1 Å². The van der Waals surface area contributed by atoms with Crippen molar-refractivity contribution in [2.45, 2.75) is 12.8 Å². The second-order valence-corrected chi connectivity index (χ2v) is 5.32. The first-order chi connectivity index (χ1) is 11.1. The van der Waals surface area contributed by atoms with Gasteiger partial charge < -0.3 is 10.6 Å². The molecule has 2 aromatic carbocycles. The molecular formula is C17H16ClFN2O2. The molecule has 0 aliphatic heterocycles. The van der Waals surface area contributed by atoms with E-state index in [0.29, 0.717) is 0 Å². The molecule has 2 aromatic rings. The van der Waals surface area contributed by atoms with Gasteiger partial charge in [-0.05, 0) is 17.7 Å². The van der Waals surface area contributed by atoms with E-state index in [1.54, 1.807) is 6.07 Å². The van der Waals surface area contributed by atoms with Gasteiger partial charge in [-0.2, -0.15) is 0 Å². The molecule has 0 aliphatic carbocycles. The van der Waals surface area contributed by atoms with Crippen molar-refractivity contribution < 1.29 is 14.0 Å². The van der Waals surface area contributed by atoms with Crippen LogP contribution in [0.15, 0.2) is 48.5 Å². The van der Waals surface area contributed by atoms with Crippen LogP contribution in [-0.2, 0) is 16.0 Å². The van der Waals surface area contributed by atoms with Crippen molar-refractivity contribution in [1.29, 1.82) is 0 Å². The zero-order valence-corrected chi connectivity index (χ0v) is 13.1. The third kappa shape index (κ3) is 5.38. The molecule has 0 saturated heterocycles. The van der Waals surface area contributed by atoms with Crippen molar-refractivity contribution in [2.24, 2.45) is 0 Å². The minimum Gasteiger partial charge on any atom is -0.355 e. The van der Waals surface area contributed by atoms with Gasteiger partial charge >= 0.3 is 0 Å². The molecule has 0 radical (unpaired) electrons. The van der Waals surface area contributed by atoms with Crippen molar-refractivity contribution in [3.8, 4) is 0 Å². The molecule has 0 bridgehead atoms. The number of benzene rings is 2. The predicted molar refractivity (Wildman–Crippen MR) is 87.8 cm³/mol. The maximum Gasteiger partial charge on any atom is 0.226 e. The van der Waals surface area contributed by atoms with E-state index in [1.807, 2.05) is 30.3 Å². The van der Waals surface area contributed by atoms with Crippen LogP contribution in [0.3, 0.4) is 0 Å². The van der Waals surface area contributed by atoms with E-state index in [1.165, 1.54) is 12.1 Å². The van der Waals surface area contributed by atoms with E-state index < -0.39 is 11.7 Å². The Kier molecular flexibility index (Phi) is 6.11. The van der Waals surface area contributed by atoms with Crippen molar-refractivity contribution in [3.05, 3.63) is 64.9 Å². The summed E-state index contributed by atoms with van der Waals surface area (Å²) in [5.41, 5.74) is 0.925. The largest absolute Gasteiger partial charge is 0.355 e. The smallest absolute Gasteiger partial charge is 0.226 e. The van der Waals surface area contributed by atoms with E-state index >= 15 is 0 Å². The van der Waals surface area contributed by atoms with Crippen molar-refractivity contribution in [2.75, 3.05) is 11.9 Å². The molecule has 0 spiro atoms. The summed E-state index contributed by atoms with van der Waals surface area (Å²) in [5.74, 6) is -1.24. The lowest BCUT2D eigenvalue weighted by Crippen LogP contribution is -2.29. The molecular weight excluding hydrogens is 319 g/mol. The Morgan fingerprint density at radius 3 is 2.48 bits per heavy atom. The van der Waals surface area contributed by atoms with Gasteiger partial charge in [-0.3, -0.25) is 9.59 Å². The minimum absolute atomic E-state index is 0.0260. The van der Waals surface area contributed by atoms with Crippen LogP contribution in [0.5, 0.6) is 0 Å². The van der Waals surface area contributed by atoms with Gasteiger partial charge in [0.1, 0.15) is 0 Å². The second kappa shape index (κ2) is 8.29. The zero-order chi connectivity index (χ0) is 16.7.